The van der Waals surface area contributed by atoms with E-state index in [1.165, 1.54) is 15.7 Å². The van der Waals surface area contributed by atoms with E-state index in [0.717, 1.165) is 17.1 Å². The molecule has 1 aliphatic rings. The van der Waals surface area contributed by atoms with E-state index in [9.17, 15) is 9.59 Å². The summed E-state index contributed by atoms with van der Waals surface area (Å²) in [6, 6.07) is 28.9. The third-order valence-electron chi connectivity index (χ3n) is 5.77. The van der Waals surface area contributed by atoms with Crippen molar-refractivity contribution < 1.29 is 19.1 Å². The lowest BCUT2D eigenvalue weighted by molar-refractivity contribution is 0.0646. The van der Waals surface area contributed by atoms with Gasteiger partial charge in [0.15, 0.2) is 0 Å². The maximum atomic E-state index is 12.4. The van der Waals surface area contributed by atoms with Crippen molar-refractivity contribution in [2.24, 2.45) is 0 Å². The molecule has 0 bridgehead atoms. The minimum Gasteiger partial charge on any atom is -0.494 e. The van der Waals surface area contributed by atoms with Gasteiger partial charge in [0.05, 0.1) is 17.7 Å². The molecule has 5 rings (SSSR count). The van der Waals surface area contributed by atoms with Gasteiger partial charge in [0.1, 0.15) is 18.1 Å². The smallest absolute Gasteiger partial charge is 0.261 e. The van der Waals surface area contributed by atoms with Gasteiger partial charge in [-0.1, -0.05) is 54.6 Å². The quantitative estimate of drug-likeness (QED) is 0.270. The highest BCUT2D eigenvalue weighted by Gasteiger charge is 2.34. The number of ether oxygens (including phenoxy) is 2. The van der Waals surface area contributed by atoms with Crippen LogP contribution >= 0.6 is 0 Å². The van der Waals surface area contributed by atoms with Crippen molar-refractivity contribution in [2.45, 2.75) is 13.0 Å². The largest absolute Gasteiger partial charge is 0.494 e. The normalized spacial score (nSPS) is 12.8. The Labute approximate surface area is 192 Å². The van der Waals surface area contributed by atoms with Gasteiger partial charge >= 0.3 is 0 Å². The molecule has 0 atom stereocenters. The highest BCUT2D eigenvalue weighted by molar-refractivity contribution is 6.21. The molecule has 0 saturated carbocycles. The van der Waals surface area contributed by atoms with Crippen LogP contribution in [0.5, 0.6) is 11.5 Å². The zero-order valence-electron chi connectivity index (χ0n) is 18.1. The summed E-state index contributed by atoms with van der Waals surface area (Å²) in [6.07, 6.45) is 0.560. The van der Waals surface area contributed by atoms with Gasteiger partial charge in [-0.3, -0.25) is 14.5 Å². The molecule has 0 spiro atoms. The summed E-state index contributed by atoms with van der Waals surface area (Å²) in [7, 11) is 0. The van der Waals surface area contributed by atoms with Gasteiger partial charge in [0.2, 0.25) is 0 Å². The van der Waals surface area contributed by atoms with Crippen LogP contribution in [-0.2, 0) is 6.61 Å². The Morgan fingerprint density at radius 1 is 0.636 bits per heavy atom. The van der Waals surface area contributed by atoms with E-state index < -0.39 is 0 Å². The molecule has 0 fully saturated rings. The zero-order valence-corrected chi connectivity index (χ0v) is 18.1. The van der Waals surface area contributed by atoms with Crippen molar-refractivity contribution in [3.8, 4) is 11.5 Å². The minimum absolute atomic E-state index is 0.233. The maximum absolute atomic E-state index is 12.4. The molecule has 5 heteroatoms. The summed E-state index contributed by atoms with van der Waals surface area (Å²) < 4.78 is 11.7. The number of fused-ring (bicyclic) bond motifs is 2. The van der Waals surface area contributed by atoms with Crippen LogP contribution in [0.15, 0.2) is 91.0 Å². The average molecular weight is 437 g/mol. The molecule has 0 saturated heterocycles. The first kappa shape index (κ1) is 20.8. The fourth-order valence-electron chi connectivity index (χ4n) is 4.07. The Bertz CT molecular complexity index is 1270. The molecule has 1 heterocycles. The van der Waals surface area contributed by atoms with Crippen LogP contribution in [0.1, 0.15) is 32.7 Å². The molecule has 0 aromatic heterocycles. The van der Waals surface area contributed by atoms with E-state index in [-0.39, 0.29) is 11.8 Å². The van der Waals surface area contributed by atoms with Crippen LogP contribution in [0.4, 0.5) is 0 Å². The molecule has 0 unspecified atom stereocenters. The van der Waals surface area contributed by atoms with E-state index in [2.05, 4.69) is 24.3 Å². The number of benzene rings is 4. The number of nitrogens with zero attached hydrogens (tertiary/aromatic N) is 1. The van der Waals surface area contributed by atoms with E-state index in [4.69, 9.17) is 9.47 Å². The van der Waals surface area contributed by atoms with Gasteiger partial charge in [-0.15, -0.1) is 0 Å². The fraction of sp³-hybridized carbons (Fsp3) is 0.143. The Kier molecular flexibility index (Phi) is 5.77. The molecule has 4 aromatic rings. The van der Waals surface area contributed by atoms with Crippen LogP contribution in [0.25, 0.3) is 10.8 Å². The van der Waals surface area contributed by atoms with Gasteiger partial charge in [0.25, 0.3) is 11.8 Å². The maximum Gasteiger partial charge on any atom is 0.261 e. The van der Waals surface area contributed by atoms with Gasteiger partial charge in [-0.25, -0.2) is 0 Å². The number of imide groups is 1. The van der Waals surface area contributed by atoms with Gasteiger partial charge in [0, 0.05) is 6.54 Å². The first-order chi connectivity index (χ1) is 16.2. The van der Waals surface area contributed by atoms with Crippen LogP contribution in [0.3, 0.4) is 0 Å². The van der Waals surface area contributed by atoms with Crippen LogP contribution in [0, 0.1) is 0 Å². The van der Waals surface area contributed by atoms with Crippen molar-refractivity contribution >= 4 is 22.6 Å². The lowest BCUT2D eigenvalue weighted by Gasteiger charge is -2.14. The SMILES string of the molecule is O=C1c2ccccc2C(=O)N1CCCOc1ccc(OCc2cccc3ccccc23)cc1. The van der Waals surface area contributed by atoms with E-state index in [0.29, 0.717) is 37.3 Å². The Morgan fingerprint density at radius 2 is 1.24 bits per heavy atom. The summed E-state index contributed by atoms with van der Waals surface area (Å²) in [5, 5.41) is 2.39. The average Bonchev–Trinajstić information content (AvgIpc) is 3.11. The summed E-state index contributed by atoms with van der Waals surface area (Å²) in [5.74, 6) is 1.02. The standard InChI is InChI=1S/C28H23NO4/c30-27-25-11-3-4-12-26(25)28(31)29(27)17-6-18-32-22-13-15-23(16-14-22)33-19-21-9-5-8-20-7-1-2-10-24(20)21/h1-5,7-16H,6,17-19H2. The third-order valence-corrected chi connectivity index (χ3v) is 5.77. The molecular formula is C28H23NO4. The summed E-state index contributed by atoms with van der Waals surface area (Å²) >= 11 is 0. The first-order valence-corrected chi connectivity index (χ1v) is 11.0. The second-order valence-electron chi connectivity index (χ2n) is 7.91. The summed E-state index contributed by atoms with van der Waals surface area (Å²) in [5.41, 5.74) is 2.09. The Balaban J connectivity index is 1.11. The predicted molar refractivity (Wildman–Crippen MR) is 127 cm³/mol. The van der Waals surface area contributed by atoms with Crippen LogP contribution in [0.2, 0.25) is 0 Å². The van der Waals surface area contributed by atoms with E-state index >= 15 is 0 Å². The molecule has 0 N–H and O–H groups in total. The molecule has 0 aliphatic carbocycles. The molecule has 164 valence electrons. The lowest BCUT2D eigenvalue weighted by atomic mass is 10.1. The predicted octanol–water partition coefficient (Wildman–Crippen LogP) is 5.48. The highest BCUT2D eigenvalue weighted by atomic mass is 16.5. The van der Waals surface area contributed by atoms with Crippen LogP contribution < -0.4 is 9.47 Å². The molecule has 4 aromatic carbocycles. The molecule has 1 aliphatic heterocycles. The van der Waals surface area contributed by atoms with E-state index in [1.54, 1.807) is 24.3 Å². The number of hydrogen-bond acceptors (Lipinski definition) is 4. The number of carbonyl (C=O) groups is 2. The second-order valence-corrected chi connectivity index (χ2v) is 7.91. The van der Waals surface area contributed by atoms with Crippen molar-refractivity contribution in [3.05, 3.63) is 108 Å². The van der Waals surface area contributed by atoms with Crippen molar-refractivity contribution in [1.82, 2.24) is 4.90 Å². The molecule has 33 heavy (non-hydrogen) atoms. The van der Waals surface area contributed by atoms with Crippen molar-refractivity contribution in [2.75, 3.05) is 13.2 Å². The Hall–Kier alpha value is -4.12. The Morgan fingerprint density at radius 3 is 1.97 bits per heavy atom. The minimum atomic E-state index is -0.233. The molecule has 0 radical (unpaired) electrons. The monoisotopic (exact) mass is 437 g/mol. The van der Waals surface area contributed by atoms with Gasteiger partial charge < -0.3 is 9.47 Å². The summed E-state index contributed by atoms with van der Waals surface area (Å²) in [6.45, 7) is 1.23. The number of carbonyl (C=O) groups excluding carboxylic acids is 2. The number of amides is 2. The second kappa shape index (κ2) is 9.17. The van der Waals surface area contributed by atoms with E-state index in [1.807, 2.05) is 42.5 Å². The number of hydrogen-bond donors (Lipinski definition) is 0. The van der Waals surface area contributed by atoms with Gasteiger partial charge in [-0.05, 0) is 59.2 Å². The van der Waals surface area contributed by atoms with Crippen molar-refractivity contribution in [3.63, 3.8) is 0 Å². The fourth-order valence-corrected chi connectivity index (χ4v) is 4.07. The van der Waals surface area contributed by atoms with Crippen LogP contribution in [-0.4, -0.2) is 29.9 Å². The molecular weight excluding hydrogens is 414 g/mol. The lowest BCUT2D eigenvalue weighted by Crippen LogP contribution is -2.31. The van der Waals surface area contributed by atoms with Gasteiger partial charge in [-0.2, -0.15) is 0 Å². The number of rotatable bonds is 8. The molecule has 5 nitrogen and oxygen atoms in total. The highest BCUT2D eigenvalue weighted by Crippen LogP contribution is 2.24. The summed E-state index contributed by atoms with van der Waals surface area (Å²) in [4.78, 5) is 26.1. The first-order valence-electron chi connectivity index (χ1n) is 11.0. The molecule has 2 amide bonds. The van der Waals surface area contributed by atoms with Crippen molar-refractivity contribution in [1.29, 1.82) is 0 Å². The third kappa shape index (κ3) is 4.30. The topological polar surface area (TPSA) is 55.8 Å². The zero-order chi connectivity index (χ0) is 22.6.